The number of aliphatic carboxylic acids is 1. The molecule has 1 saturated heterocycles. The van der Waals surface area contributed by atoms with Crippen molar-refractivity contribution in [3.8, 4) is 10.4 Å². The fraction of sp³-hybridized carbons (Fsp3) is 0.333. The number of thiophene rings is 1. The molecule has 1 aliphatic heterocycles. The lowest BCUT2D eigenvalue weighted by atomic mass is 9.97. The monoisotopic (exact) mass is 573 g/mol. The number of carboxylic acid groups (broad SMARTS) is 1. The van der Waals surface area contributed by atoms with Crippen LogP contribution in [0.5, 0.6) is 0 Å². The first-order valence-corrected chi connectivity index (χ1v) is 14.9. The third-order valence-electron chi connectivity index (χ3n) is 7.26. The number of likely N-dealkylation sites (N-methyl/N-ethyl adjacent to an activating group) is 1. The van der Waals surface area contributed by atoms with Crippen LogP contribution < -0.4 is 4.72 Å². The number of benzene rings is 2. The second kappa shape index (κ2) is 10.4. The van der Waals surface area contributed by atoms with Crippen molar-refractivity contribution in [3.05, 3.63) is 76.8 Å². The summed E-state index contributed by atoms with van der Waals surface area (Å²) in [5.41, 5.74) is 0.561. The van der Waals surface area contributed by atoms with Gasteiger partial charge in [0.2, 0.25) is 5.91 Å². The molecule has 2 aromatic carbocycles. The predicted octanol–water partition coefficient (Wildman–Crippen LogP) is 3.67. The van der Waals surface area contributed by atoms with Gasteiger partial charge < -0.3 is 14.9 Å². The van der Waals surface area contributed by atoms with Gasteiger partial charge in [0.15, 0.2) is 0 Å². The zero-order valence-corrected chi connectivity index (χ0v) is 23.2. The van der Waals surface area contributed by atoms with Crippen LogP contribution in [0.3, 0.4) is 0 Å². The van der Waals surface area contributed by atoms with Gasteiger partial charge in [-0.3, -0.25) is 9.59 Å². The van der Waals surface area contributed by atoms with Gasteiger partial charge in [0.25, 0.3) is 10.0 Å². The van der Waals surface area contributed by atoms with Crippen LogP contribution in [-0.4, -0.2) is 74.0 Å². The van der Waals surface area contributed by atoms with Gasteiger partial charge in [0, 0.05) is 42.0 Å². The highest BCUT2D eigenvalue weighted by Gasteiger charge is 2.64. The minimum Gasteiger partial charge on any atom is -0.480 e. The number of nitrogens with one attached hydrogen (secondary N) is 1. The fourth-order valence-electron chi connectivity index (χ4n) is 4.92. The van der Waals surface area contributed by atoms with E-state index in [1.807, 2.05) is 24.1 Å². The summed E-state index contributed by atoms with van der Waals surface area (Å²) in [6.45, 7) is 2.92. The van der Waals surface area contributed by atoms with Gasteiger partial charge in [0.1, 0.15) is 9.75 Å². The molecule has 2 heterocycles. The van der Waals surface area contributed by atoms with Crippen LogP contribution in [0.2, 0.25) is 5.02 Å². The Bertz CT molecular complexity index is 1470. The van der Waals surface area contributed by atoms with E-state index in [0.29, 0.717) is 23.7 Å². The second-order valence-electron chi connectivity index (χ2n) is 9.82. The molecule has 2 unspecified atom stereocenters. The van der Waals surface area contributed by atoms with E-state index >= 15 is 0 Å². The molecule has 1 aromatic heterocycles. The van der Waals surface area contributed by atoms with Crippen LogP contribution in [0.15, 0.2) is 64.9 Å². The van der Waals surface area contributed by atoms with Crippen molar-refractivity contribution in [2.24, 2.45) is 0 Å². The molecule has 2 aliphatic rings. The average Bonchev–Trinajstić information content (AvgIpc) is 3.37. The molecule has 3 aromatic rings. The molecule has 1 amide bonds. The number of carboxylic acids is 1. The maximum atomic E-state index is 13.3. The Labute approximate surface area is 230 Å². The Kier molecular flexibility index (Phi) is 7.36. The zero-order chi connectivity index (χ0) is 27.1. The van der Waals surface area contributed by atoms with Crippen LogP contribution in [0.1, 0.15) is 23.5 Å². The number of nitrogens with zero attached hydrogens (tertiary/aromatic N) is 2. The van der Waals surface area contributed by atoms with Gasteiger partial charge in [0.05, 0.1) is 6.42 Å². The number of sulfonamides is 1. The topological polar surface area (TPSA) is 107 Å². The molecule has 200 valence electrons. The van der Waals surface area contributed by atoms with Crippen LogP contribution in [-0.2, 0) is 26.0 Å². The number of carbonyl (C=O) groups is 2. The molecular weight excluding hydrogens is 546 g/mol. The van der Waals surface area contributed by atoms with Gasteiger partial charge in [-0.25, -0.2) is 8.42 Å². The quantitative estimate of drug-likeness (QED) is 0.426. The van der Waals surface area contributed by atoms with Gasteiger partial charge in [-0.15, -0.1) is 11.3 Å². The van der Waals surface area contributed by atoms with Crippen molar-refractivity contribution in [1.82, 2.24) is 14.5 Å². The first-order chi connectivity index (χ1) is 18.1. The molecule has 2 atom stereocenters. The predicted molar refractivity (Wildman–Crippen MR) is 147 cm³/mol. The molecule has 0 bridgehead atoms. The second-order valence-corrected chi connectivity index (χ2v) is 13.3. The highest BCUT2D eigenvalue weighted by atomic mass is 35.5. The smallest absolute Gasteiger partial charge is 0.325 e. The van der Waals surface area contributed by atoms with Crippen LogP contribution in [0, 0.1) is 0 Å². The Balaban J connectivity index is 1.35. The Morgan fingerprint density at radius 3 is 2.42 bits per heavy atom. The molecule has 0 radical (unpaired) electrons. The standard InChI is InChI=1S/C27H28ClN3O5S2/c1-30-12-14-31(15-13-30)24(32)16-19-4-2-3-5-21(19)22-17-27(22,26(33)34)29-38(35,36)25-11-10-23(37-25)18-6-8-20(28)9-7-18/h2-11,22,29H,12-17H2,1H3,(H,33,34). The third-order valence-corrected chi connectivity index (χ3v) is 10.7. The van der Waals surface area contributed by atoms with E-state index < -0.39 is 27.4 Å². The van der Waals surface area contributed by atoms with Gasteiger partial charge in [-0.1, -0.05) is 48.0 Å². The molecule has 1 aliphatic carbocycles. The summed E-state index contributed by atoms with van der Waals surface area (Å²) < 4.78 is 29.2. The zero-order valence-electron chi connectivity index (χ0n) is 20.8. The number of carbonyl (C=O) groups excluding carboxylic acids is 1. The minimum absolute atomic E-state index is 0.0129. The summed E-state index contributed by atoms with van der Waals surface area (Å²) in [4.78, 5) is 30.1. The summed E-state index contributed by atoms with van der Waals surface area (Å²) in [7, 11) is -2.09. The average molecular weight is 574 g/mol. The maximum Gasteiger partial charge on any atom is 0.325 e. The van der Waals surface area contributed by atoms with Crippen molar-refractivity contribution < 1.29 is 23.1 Å². The van der Waals surface area contributed by atoms with Gasteiger partial charge in [-0.2, -0.15) is 4.72 Å². The number of hydrogen-bond donors (Lipinski definition) is 2. The normalized spacial score (nSPS) is 21.8. The number of hydrogen-bond acceptors (Lipinski definition) is 6. The van der Waals surface area contributed by atoms with Crippen molar-refractivity contribution in [2.75, 3.05) is 33.2 Å². The van der Waals surface area contributed by atoms with E-state index in [1.165, 1.54) is 6.07 Å². The Hall–Kier alpha value is -2.76. The van der Waals surface area contributed by atoms with Crippen molar-refractivity contribution >= 4 is 44.8 Å². The lowest BCUT2D eigenvalue weighted by Crippen LogP contribution is -2.47. The SMILES string of the molecule is CN1CCN(C(=O)Cc2ccccc2C2CC2(NS(=O)(=O)c2ccc(-c3ccc(Cl)cc3)s2)C(=O)O)CC1. The molecule has 5 rings (SSSR count). The molecule has 0 spiro atoms. The summed E-state index contributed by atoms with van der Waals surface area (Å²) in [5, 5.41) is 10.7. The van der Waals surface area contributed by atoms with E-state index in [-0.39, 0.29) is 23.0 Å². The first-order valence-electron chi connectivity index (χ1n) is 12.3. The summed E-state index contributed by atoms with van der Waals surface area (Å²) in [5.74, 6) is -1.83. The molecule has 2 N–H and O–H groups in total. The van der Waals surface area contributed by atoms with E-state index in [1.54, 1.807) is 42.5 Å². The van der Waals surface area contributed by atoms with E-state index in [4.69, 9.17) is 11.6 Å². The molecule has 8 nitrogen and oxygen atoms in total. The number of amides is 1. The van der Waals surface area contributed by atoms with Crippen molar-refractivity contribution in [2.45, 2.75) is 28.5 Å². The first kappa shape index (κ1) is 26.8. The summed E-state index contributed by atoms with van der Waals surface area (Å²) in [6.07, 6.45) is 0.255. The van der Waals surface area contributed by atoms with Crippen LogP contribution in [0.25, 0.3) is 10.4 Å². The van der Waals surface area contributed by atoms with E-state index in [9.17, 15) is 23.1 Å². The number of piperazine rings is 1. The van der Waals surface area contributed by atoms with Gasteiger partial charge >= 0.3 is 5.97 Å². The lowest BCUT2D eigenvalue weighted by Gasteiger charge is -2.32. The molecule has 38 heavy (non-hydrogen) atoms. The Morgan fingerprint density at radius 1 is 1.05 bits per heavy atom. The van der Waals surface area contributed by atoms with Gasteiger partial charge in [-0.05, 0) is 54.4 Å². The number of rotatable bonds is 8. The fourth-order valence-corrected chi connectivity index (χ4v) is 7.76. The molecular formula is C27H28ClN3O5S2. The van der Waals surface area contributed by atoms with E-state index in [0.717, 1.165) is 40.4 Å². The highest BCUT2D eigenvalue weighted by molar-refractivity contribution is 7.91. The largest absolute Gasteiger partial charge is 0.480 e. The van der Waals surface area contributed by atoms with Crippen LogP contribution >= 0.6 is 22.9 Å². The summed E-state index contributed by atoms with van der Waals surface area (Å²) >= 11 is 7.02. The molecule has 1 saturated carbocycles. The Morgan fingerprint density at radius 2 is 1.74 bits per heavy atom. The highest BCUT2D eigenvalue weighted by Crippen LogP contribution is 2.53. The minimum atomic E-state index is -4.11. The molecule has 11 heteroatoms. The van der Waals surface area contributed by atoms with Crippen molar-refractivity contribution in [3.63, 3.8) is 0 Å². The summed E-state index contributed by atoms with van der Waals surface area (Å²) in [6, 6.07) is 17.4. The van der Waals surface area contributed by atoms with Crippen molar-refractivity contribution in [1.29, 1.82) is 0 Å². The van der Waals surface area contributed by atoms with Crippen LogP contribution in [0.4, 0.5) is 0 Å². The third kappa shape index (κ3) is 5.37. The maximum absolute atomic E-state index is 13.3. The van der Waals surface area contributed by atoms with E-state index in [2.05, 4.69) is 9.62 Å². The molecule has 2 fully saturated rings. The lowest BCUT2D eigenvalue weighted by molar-refractivity contribution is -0.140. The number of halogens is 1.